The fourth-order valence-corrected chi connectivity index (χ4v) is 2.29. The molecule has 0 aliphatic carbocycles. The smallest absolute Gasteiger partial charge is 0.303 e. The SMILES string of the molecule is Nc1cc2c(cc1CCC(=O)O)oc1ccccc12. The zero-order chi connectivity index (χ0) is 13.4. The van der Waals surface area contributed by atoms with Crippen molar-refractivity contribution < 1.29 is 14.3 Å². The van der Waals surface area contributed by atoms with Crippen LogP contribution in [0.25, 0.3) is 21.9 Å². The van der Waals surface area contributed by atoms with Gasteiger partial charge in [-0.25, -0.2) is 0 Å². The number of anilines is 1. The van der Waals surface area contributed by atoms with Crippen molar-refractivity contribution in [3.05, 3.63) is 42.0 Å². The minimum atomic E-state index is -0.830. The van der Waals surface area contributed by atoms with Crippen molar-refractivity contribution in [1.82, 2.24) is 0 Å². The van der Waals surface area contributed by atoms with Crippen LogP contribution in [0, 0.1) is 0 Å². The summed E-state index contributed by atoms with van der Waals surface area (Å²) in [4.78, 5) is 10.6. The molecule has 0 spiro atoms. The number of furan rings is 1. The number of fused-ring (bicyclic) bond motifs is 3. The molecular formula is C15H13NO3. The number of aryl methyl sites for hydroxylation is 1. The van der Waals surface area contributed by atoms with Crippen LogP contribution in [0.3, 0.4) is 0 Å². The number of carboxylic acids is 1. The number of hydrogen-bond donors (Lipinski definition) is 2. The number of para-hydroxylation sites is 1. The summed E-state index contributed by atoms with van der Waals surface area (Å²) in [6.07, 6.45) is 0.476. The van der Waals surface area contributed by atoms with Gasteiger partial charge in [0.25, 0.3) is 0 Å². The maximum absolute atomic E-state index is 10.6. The molecule has 0 atom stereocenters. The van der Waals surface area contributed by atoms with Crippen molar-refractivity contribution >= 4 is 33.6 Å². The maximum Gasteiger partial charge on any atom is 0.303 e. The van der Waals surface area contributed by atoms with Gasteiger partial charge in [0, 0.05) is 22.9 Å². The molecule has 2 aromatic carbocycles. The Hall–Kier alpha value is -2.49. The first-order valence-electron chi connectivity index (χ1n) is 6.06. The van der Waals surface area contributed by atoms with Crippen LogP contribution in [0.2, 0.25) is 0 Å². The fourth-order valence-electron chi connectivity index (χ4n) is 2.29. The van der Waals surface area contributed by atoms with Gasteiger partial charge in [0.15, 0.2) is 0 Å². The molecule has 1 heterocycles. The average molecular weight is 255 g/mol. The van der Waals surface area contributed by atoms with Crippen molar-refractivity contribution in [2.24, 2.45) is 0 Å². The fraction of sp³-hybridized carbons (Fsp3) is 0.133. The predicted molar refractivity (Wildman–Crippen MR) is 74.1 cm³/mol. The Bertz CT molecular complexity index is 774. The van der Waals surface area contributed by atoms with Gasteiger partial charge in [-0.2, -0.15) is 0 Å². The molecule has 4 heteroatoms. The highest BCUT2D eigenvalue weighted by Crippen LogP contribution is 2.32. The molecule has 0 amide bonds. The topological polar surface area (TPSA) is 76.5 Å². The van der Waals surface area contributed by atoms with Gasteiger partial charge < -0.3 is 15.3 Å². The van der Waals surface area contributed by atoms with Gasteiger partial charge in [-0.3, -0.25) is 4.79 Å². The van der Waals surface area contributed by atoms with Crippen LogP contribution in [0.1, 0.15) is 12.0 Å². The number of hydrogen-bond acceptors (Lipinski definition) is 3. The second-order valence-electron chi connectivity index (χ2n) is 4.54. The van der Waals surface area contributed by atoms with E-state index in [1.807, 2.05) is 36.4 Å². The standard InChI is InChI=1S/C15H13NO3/c16-12-8-11-10-3-1-2-4-13(10)19-14(11)7-9(12)5-6-15(17)18/h1-4,7-8H,5-6,16H2,(H,17,18). The molecule has 0 radical (unpaired) electrons. The van der Waals surface area contributed by atoms with E-state index in [1.165, 1.54) is 0 Å². The van der Waals surface area contributed by atoms with Gasteiger partial charge >= 0.3 is 5.97 Å². The normalized spacial score (nSPS) is 11.2. The lowest BCUT2D eigenvalue weighted by atomic mass is 10.0. The number of carbonyl (C=O) groups is 1. The summed E-state index contributed by atoms with van der Waals surface area (Å²) in [6.45, 7) is 0. The molecule has 4 nitrogen and oxygen atoms in total. The van der Waals surface area contributed by atoms with Crippen molar-refractivity contribution in [1.29, 1.82) is 0 Å². The number of aliphatic carboxylic acids is 1. The van der Waals surface area contributed by atoms with Gasteiger partial charge in [-0.1, -0.05) is 18.2 Å². The summed E-state index contributed by atoms with van der Waals surface area (Å²) in [5, 5.41) is 10.7. The van der Waals surface area contributed by atoms with Gasteiger partial charge in [0.05, 0.1) is 0 Å². The molecule has 3 rings (SSSR count). The first kappa shape index (κ1) is 11.6. The van der Waals surface area contributed by atoms with Crippen LogP contribution in [0.4, 0.5) is 5.69 Å². The van der Waals surface area contributed by atoms with Crippen molar-refractivity contribution in [2.45, 2.75) is 12.8 Å². The Labute approximate surface area is 109 Å². The molecule has 1 aromatic heterocycles. The van der Waals surface area contributed by atoms with E-state index in [1.54, 1.807) is 0 Å². The summed E-state index contributed by atoms with van der Waals surface area (Å²) in [5.41, 5.74) is 8.97. The second kappa shape index (κ2) is 4.31. The maximum atomic E-state index is 10.6. The van der Waals surface area contributed by atoms with Gasteiger partial charge in [-0.15, -0.1) is 0 Å². The average Bonchev–Trinajstić information content (AvgIpc) is 2.73. The van der Waals surface area contributed by atoms with Crippen molar-refractivity contribution in [3.8, 4) is 0 Å². The Morgan fingerprint density at radius 2 is 1.95 bits per heavy atom. The summed E-state index contributed by atoms with van der Waals surface area (Å²) in [5.74, 6) is -0.830. The number of carboxylic acid groups (broad SMARTS) is 1. The molecule has 96 valence electrons. The van der Waals surface area contributed by atoms with E-state index in [0.29, 0.717) is 12.1 Å². The van der Waals surface area contributed by atoms with E-state index < -0.39 is 5.97 Å². The van der Waals surface area contributed by atoms with Crippen molar-refractivity contribution in [3.63, 3.8) is 0 Å². The summed E-state index contributed by atoms with van der Waals surface area (Å²) in [7, 11) is 0. The lowest BCUT2D eigenvalue weighted by Crippen LogP contribution is -2.00. The second-order valence-corrected chi connectivity index (χ2v) is 4.54. The molecule has 0 fully saturated rings. The van der Waals surface area contributed by atoms with Crippen LogP contribution in [0.15, 0.2) is 40.8 Å². The Balaban J connectivity index is 2.14. The van der Waals surface area contributed by atoms with E-state index in [9.17, 15) is 4.79 Å². The van der Waals surface area contributed by atoms with Crippen LogP contribution in [-0.4, -0.2) is 11.1 Å². The van der Waals surface area contributed by atoms with Crippen LogP contribution in [0.5, 0.6) is 0 Å². The summed E-state index contributed by atoms with van der Waals surface area (Å²) < 4.78 is 5.75. The number of benzene rings is 2. The number of nitrogens with two attached hydrogens (primary N) is 1. The minimum absolute atomic E-state index is 0.0654. The molecule has 0 unspecified atom stereocenters. The summed E-state index contributed by atoms with van der Waals surface area (Å²) >= 11 is 0. The van der Waals surface area contributed by atoms with E-state index >= 15 is 0 Å². The van der Waals surface area contributed by atoms with E-state index in [2.05, 4.69) is 0 Å². The molecule has 0 aliphatic heterocycles. The van der Waals surface area contributed by atoms with Crippen LogP contribution < -0.4 is 5.73 Å². The van der Waals surface area contributed by atoms with E-state index in [4.69, 9.17) is 15.3 Å². The van der Waals surface area contributed by atoms with Gasteiger partial charge in [-0.05, 0) is 30.2 Å². The highest BCUT2D eigenvalue weighted by atomic mass is 16.4. The first-order chi connectivity index (χ1) is 9.15. The highest BCUT2D eigenvalue weighted by molar-refractivity contribution is 6.06. The highest BCUT2D eigenvalue weighted by Gasteiger charge is 2.10. The zero-order valence-electron chi connectivity index (χ0n) is 10.2. The molecule has 0 aliphatic rings. The minimum Gasteiger partial charge on any atom is -0.481 e. The lowest BCUT2D eigenvalue weighted by Gasteiger charge is -2.03. The lowest BCUT2D eigenvalue weighted by molar-refractivity contribution is -0.136. The molecule has 0 saturated heterocycles. The third-order valence-electron chi connectivity index (χ3n) is 3.25. The third kappa shape index (κ3) is 2.01. The Morgan fingerprint density at radius 1 is 1.16 bits per heavy atom. The summed E-state index contributed by atoms with van der Waals surface area (Å²) in [6, 6.07) is 11.5. The van der Waals surface area contributed by atoms with Gasteiger partial charge in [0.2, 0.25) is 0 Å². The quantitative estimate of drug-likeness (QED) is 0.705. The number of nitrogen functional groups attached to an aromatic ring is 1. The molecule has 0 bridgehead atoms. The molecule has 0 saturated carbocycles. The van der Waals surface area contributed by atoms with Crippen LogP contribution in [-0.2, 0) is 11.2 Å². The molecule has 19 heavy (non-hydrogen) atoms. The third-order valence-corrected chi connectivity index (χ3v) is 3.25. The molecule has 3 aromatic rings. The first-order valence-corrected chi connectivity index (χ1v) is 6.06. The Morgan fingerprint density at radius 3 is 2.74 bits per heavy atom. The zero-order valence-corrected chi connectivity index (χ0v) is 10.2. The molecule has 3 N–H and O–H groups in total. The largest absolute Gasteiger partial charge is 0.481 e. The monoisotopic (exact) mass is 255 g/mol. The van der Waals surface area contributed by atoms with E-state index in [-0.39, 0.29) is 6.42 Å². The van der Waals surface area contributed by atoms with Crippen molar-refractivity contribution in [2.75, 3.05) is 5.73 Å². The van der Waals surface area contributed by atoms with Crippen LogP contribution >= 0.6 is 0 Å². The molecular weight excluding hydrogens is 242 g/mol. The predicted octanol–water partition coefficient (Wildman–Crippen LogP) is 3.19. The van der Waals surface area contributed by atoms with E-state index in [0.717, 1.165) is 27.5 Å². The Kier molecular flexibility index (Phi) is 2.63. The van der Waals surface area contributed by atoms with Gasteiger partial charge in [0.1, 0.15) is 11.2 Å². The number of rotatable bonds is 3.